The highest BCUT2D eigenvalue weighted by Crippen LogP contribution is 2.60. The molecule has 0 radical (unpaired) electrons. The predicted octanol–water partition coefficient (Wildman–Crippen LogP) is 3.93. The first kappa shape index (κ1) is 15.1. The maximum Gasteiger partial charge on any atom is 0.0836 e. The summed E-state index contributed by atoms with van der Waals surface area (Å²) < 4.78 is 2.04. The maximum atomic E-state index is 8.94. The first-order valence-electron chi connectivity index (χ1n) is 9.37. The summed E-state index contributed by atoms with van der Waals surface area (Å²) in [5.41, 5.74) is 4.15. The Balaban J connectivity index is 1.52. The minimum atomic E-state index is 0.277. The molecule has 1 heterocycles. The van der Waals surface area contributed by atoms with Gasteiger partial charge in [0.1, 0.15) is 0 Å². The lowest BCUT2D eigenvalue weighted by molar-refractivity contribution is -0.00828. The van der Waals surface area contributed by atoms with E-state index in [4.69, 9.17) is 5.21 Å². The van der Waals surface area contributed by atoms with Gasteiger partial charge in [-0.2, -0.15) is 0 Å². The van der Waals surface area contributed by atoms with Gasteiger partial charge in [0, 0.05) is 5.41 Å². The van der Waals surface area contributed by atoms with E-state index >= 15 is 0 Å². The molecule has 25 heavy (non-hydrogen) atoms. The first-order valence-corrected chi connectivity index (χ1v) is 9.37. The topological polar surface area (TPSA) is 63.3 Å². The van der Waals surface area contributed by atoms with Gasteiger partial charge >= 0.3 is 0 Å². The minimum Gasteiger partial charge on any atom is -0.411 e. The number of nitrogens with zero attached hydrogens (tertiary/aromatic N) is 4. The Labute approximate surface area is 147 Å². The number of hydrogen-bond donors (Lipinski definition) is 1. The molecular formula is C20H24N4O. The van der Waals surface area contributed by atoms with Gasteiger partial charge in [-0.25, -0.2) is 4.68 Å². The van der Waals surface area contributed by atoms with Crippen LogP contribution in [-0.4, -0.2) is 25.9 Å². The number of benzene rings is 1. The molecule has 5 heteroatoms. The molecule has 0 saturated heterocycles. The third-order valence-electron chi connectivity index (χ3n) is 6.81. The van der Waals surface area contributed by atoms with Gasteiger partial charge in [0.15, 0.2) is 0 Å². The van der Waals surface area contributed by atoms with Crippen LogP contribution in [0, 0.1) is 17.8 Å². The summed E-state index contributed by atoms with van der Waals surface area (Å²) in [7, 11) is 0. The van der Waals surface area contributed by atoms with E-state index in [0.717, 1.165) is 29.0 Å². The van der Waals surface area contributed by atoms with E-state index in [9.17, 15) is 0 Å². The number of hydrogen-bond acceptors (Lipinski definition) is 4. The molecule has 130 valence electrons. The summed E-state index contributed by atoms with van der Waals surface area (Å²) in [6.07, 6.45) is 10.2. The molecule has 5 nitrogen and oxygen atoms in total. The molecule has 4 aliphatic rings. The molecular weight excluding hydrogens is 312 g/mol. The second-order valence-corrected chi connectivity index (χ2v) is 8.46. The summed E-state index contributed by atoms with van der Waals surface area (Å²) >= 11 is 0. The first-order chi connectivity index (χ1) is 12.2. The fourth-order valence-electron chi connectivity index (χ4n) is 6.11. The molecule has 6 rings (SSSR count). The van der Waals surface area contributed by atoms with E-state index in [-0.39, 0.29) is 5.41 Å². The van der Waals surface area contributed by atoms with Crippen LogP contribution in [0.3, 0.4) is 0 Å². The van der Waals surface area contributed by atoms with Crippen LogP contribution in [0.15, 0.2) is 35.6 Å². The van der Waals surface area contributed by atoms with Crippen LogP contribution in [0.4, 0.5) is 0 Å². The van der Waals surface area contributed by atoms with Crippen molar-refractivity contribution >= 4 is 5.71 Å². The molecule has 1 aromatic heterocycles. The molecule has 0 unspecified atom stereocenters. The van der Waals surface area contributed by atoms with Crippen LogP contribution < -0.4 is 0 Å². The summed E-state index contributed by atoms with van der Waals surface area (Å²) in [6, 6.07) is 8.05. The average molecular weight is 336 g/mol. The zero-order valence-corrected chi connectivity index (χ0v) is 14.6. The third kappa shape index (κ3) is 2.32. The molecule has 4 saturated carbocycles. The van der Waals surface area contributed by atoms with Gasteiger partial charge in [-0.05, 0) is 80.9 Å². The van der Waals surface area contributed by atoms with Crippen LogP contribution in [0.1, 0.15) is 56.7 Å². The summed E-state index contributed by atoms with van der Waals surface area (Å²) in [5.74, 6) is 2.71. The van der Waals surface area contributed by atoms with Crippen LogP contribution in [0.25, 0.3) is 5.69 Å². The molecule has 0 atom stereocenters. The van der Waals surface area contributed by atoms with Gasteiger partial charge in [0.05, 0.1) is 23.3 Å². The van der Waals surface area contributed by atoms with Gasteiger partial charge < -0.3 is 5.21 Å². The Morgan fingerprint density at radius 2 is 1.68 bits per heavy atom. The molecule has 0 spiro atoms. The van der Waals surface area contributed by atoms with Crippen LogP contribution in [0.5, 0.6) is 0 Å². The molecule has 4 bridgehead atoms. The van der Waals surface area contributed by atoms with Crippen molar-refractivity contribution in [2.24, 2.45) is 22.9 Å². The van der Waals surface area contributed by atoms with Gasteiger partial charge in [-0.3, -0.25) is 0 Å². The highest BCUT2D eigenvalue weighted by molar-refractivity contribution is 5.98. The Bertz CT molecular complexity index is 785. The van der Waals surface area contributed by atoms with Gasteiger partial charge in [0.25, 0.3) is 0 Å². The van der Waals surface area contributed by atoms with Gasteiger partial charge in [-0.15, -0.1) is 5.10 Å². The number of oxime groups is 1. The number of aromatic nitrogens is 3. The van der Waals surface area contributed by atoms with Crippen LogP contribution >= 0.6 is 0 Å². The molecule has 0 aliphatic heterocycles. The van der Waals surface area contributed by atoms with Crippen LogP contribution in [0.2, 0.25) is 0 Å². The smallest absolute Gasteiger partial charge is 0.0836 e. The van der Waals surface area contributed by atoms with E-state index < -0.39 is 0 Å². The van der Waals surface area contributed by atoms with Crippen LogP contribution in [-0.2, 0) is 5.41 Å². The van der Waals surface area contributed by atoms with Gasteiger partial charge in [0.2, 0.25) is 0 Å². The van der Waals surface area contributed by atoms with E-state index in [1.807, 2.05) is 35.1 Å². The fourth-order valence-corrected chi connectivity index (χ4v) is 6.11. The zero-order valence-electron chi connectivity index (χ0n) is 14.6. The summed E-state index contributed by atoms with van der Waals surface area (Å²) in [6.45, 7) is 1.80. The van der Waals surface area contributed by atoms with Gasteiger partial charge in [-0.1, -0.05) is 22.5 Å². The van der Waals surface area contributed by atoms with E-state index in [1.165, 1.54) is 44.2 Å². The highest BCUT2D eigenvalue weighted by Gasteiger charge is 2.53. The molecule has 4 fully saturated rings. The molecule has 1 N–H and O–H groups in total. The predicted molar refractivity (Wildman–Crippen MR) is 95.2 cm³/mol. The molecule has 2 aromatic rings. The van der Waals surface area contributed by atoms with Crippen molar-refractivity contribution in [1.82, 2.24) is 15.0 Å². The van der Waals surface area contributed by atoms with Crippen molar-refractivity contribution in [2.45, 2.75) is 50.9 Å². The summed E-state index contributed by atoms with van der Waals surface area (Å²) in [4.78, 5) is 0. The zero-order chi connectivity index (χ0) is 17.0. The lowest BCUT2D eigenvalue weighted by atomic mass is 9.49. The van der Waals surface area contributed by atoms with Crippen molar-refractivity contribution in [2.75, 3.05) is 0 Å². The Kier molecular flexibility index (Phi) is 3.27. The van der Waals surface area contributed by atoms with E-state index in [1.54, 1.807) is 6.92 Å². The van der Waals surface area contributed by atoms with Crippen molar-refractivity contribution < 1.29 is 5.21 Å². The quantitative estimate of drug-likeness (QED) is 0.525. The SMILES string of the molecule is C/C(=N\O)c1ccc(-n2nncc2C23CC4CC(CC(C4)C2)C3)cc1. The number of rotatable bonds is 3. The largest absolute Gasteiger partial charge is 0.411 e. The Morgan fingerprint density at radius 3 is 2.24 bits per heavy atom. The van der Waals surface area contributed by atoms with Crippen molar-refractivity contribution in [1.29, 1.82) is 0 Å². The molecule has 4 aliphatic carbocycles. The second kappa shape index (κ2) is 5.41. The minimum absolute atomic E-state index is 0.277. The lowest BCUT2D eigenvalue weighted by Crippen LogP contribution is -2.49. The fraction of sp³-hybridized carbons (Fsp3) is 0.550. The normalized spacial score (nSPS) is 33.8. The van der Waals surface area contributed by atoms with Crippen molar-refractivity contribution in [3.63, 3.8) is 0 Å². The second-order valence-electron chi connectivity index (χ2n) is 8.46. The van der Waals surface area contributed by atoms with Crippen molar-refractivity contribution in [3.05, 3.63) is 41.7 Å². The average Bonchev–Trinajstić information content (AvgIpc) is 3.11. The maximum absolute atomic E-state index is 8.94. The summed E-state index contributed by atoms with van der Waals surface area (Å²) in [5, 5.41) is 20.9. The third-order valence-corrected chi connectivity index (χ3v) is 6.81. The van der Waals surface area contributed by atoms with E-state index in [0.29, 0.717) is 5.71 Å². The lowest BCUT2D eigenvalue weighted by Gasteiger charge is -2.56. The monoisotopic (exact) mass is 336 g/mol. The molecule has 1 aromatic carbocycles. The Morgan fingerprint density at radius 1 is 1.08 bits per heavy atom. The standard InChI is InChI=1S/C20H24N4O/c1-13(22-25)17-2-4-18(5-3-17)24-19(12-21-23-24)20-9-14-6-15(10-20)8-16(7-14)11-20/h2-5,12,14-16,25H,6-11H2,1H3/b22-13+. The Hall–Kier alpha value is -2.17. The van der Waals surface area contributed by atoms with Crippen molar-refractivity contribution in [3.8, 4) is 5.69 Å². The van der Waals surface area contributed by atoms with E-state index in [2.05, 4.69) is 15.5 Å². The highest BCUT2D eigenvalue weighted by atomic mass is 16.4. The molecule has 0 amide bonds.